The van der Waals surface area contributed by atoms with Crippen LogP contribution >= 0.6 is 22.9 Å². The number of benzene rings is 1. The Morgan fingerprint density at radius 1 is 1.12 bits per heavy atom. The lowest BCUT2D eigenvalue weighted by atomic mass is 9.90. The van der Waals surface area contributed by atoms with Crippen molar-refractivity contribution in [1.29, 1.82) is 0 Å². The standard InChI is InChI=1S/C17H16ClNO4S/c18-12-3-1-11(2-4-12)13-5-6-14(24-13)15(20)19-17(16(21)22)7-9-23-10-8-17/h1-6H,7-10H2,(H,19,20)(H,21,22). The summed E-state index contributed by atoms with van der Waals surface area (Å²) >= 11 is 7.20. The number of carboxylic acids is 1. The first-order chi connectivity index (χ1) is 11.5. The van der Waals surface area contributed by atoms with Crippen LogP contribution in [0, 0.1) is 0 Å². The Labute approximate surface area is 148 Å². The monoisotopic (exact) mass is 365 g/mol. The molecule has 0 bridgehead atoms. The quantitative estimate of drug-likeness (QED) is 0.870. The Morgan fingerprint density at radius 2 is 1.79 bits per heavy atom. The zero-order valence-corrected chi connectivity index (χ0v) is 14.3. The highest BCUT2D eigenvalue weighted by molar-refractivity contribution is 7.17. The highest BCUT2D eigenvalue weighted by Crippen LogP contribution is 2.30. The van der Waals surface area contributed by atoms with E-state index in [0.717, 1.165) is 10.4 Å². The number of aliphatic carboxylic acids is 1. The first kappa shape index (κ1) is 17.0. The van der Waals surface area contributed by atoms with Gasteiger partial charge in [-0.05, 0) is 29.8 Å². The molecule has 5 nitrogen and oxygen atoms in total. The first-order valence-electron chi connectivity index (χ1n) is 7.50. The van der Waals surface area contributed by atoms with Crippen LogP contribution < -0.4 is 5.32 Å². The average Bonchev–Trinajstić information content (AvgIpc) is 3.06. The molecular weight excluding hydrogens is 350 g/mol. The number of carboxylic acid groups (broad SMARTS) is 1. The van der Waals surface area contributed by atoms with Crippen LogP contribution in [0.2, 0.25) is 5.02 Å². The fraction of sp³-hybridized carbons (Fsp3) is 0.294. The predicted molar refractivity (Wildman–Crippen MR) is 92.7 cm³/mol. The van der Waals surface area contributed by atoms with E-state index in [1.165, 1.54) is 11.3 Å². The summed E-state index contributed by atoms with van der Waals surface area (Å²) < 4.78 is 5.21. The van der Waals surface area contributed by atoms with E-state index >= 15 is 0 Å². The van der Waals surface area contributed by atoms with E-state index < -0.39 is 11.5 Å². The molecule has 2 N–H and O–H groups in total. The molecule has 7 heteroatoms. The predicted octanol–water partition coefficient (Wildman–Crippen LogP) is 3.43. The van der Waals surface area contributed by atoms with Gasteiger partial charge < -0.3 is 15.2 Å². The molecule has 1 amide bonds. The molecule has 1 aliphatic rings. The number of hydrogen-bond acceptors (Lipinski definition) is 4. The maximum Gasteiger partial charge on any atom is 0.329 e. The van der Waals surface area contributed by atoms with Crippen LogP contribution in [0.15, 0.2) is 36.4 Å². The largest absolute Gasteiger partial charge is 0.480 e. The van der Waals surface area contributed by atoms with Gasteiger partial charge >= 0.3 is 5.97 Å². The lowest BCUT2D eigenvalue weighted by molar-refractivity contribution is -0.148. The highest BCUT2D eigenvalue weighted by Gasteiger charge is 2.41. The van der Waals surface area contributed by atoms with Crippen molar-refractivity contribution in [1.82, 2.24) is 5.32 Å². The number of amides is 1. The second kappa shape index (κ2) is 6.93. The molecule has 2 aromatic rings. The van der Waals surface area contributed by atoms with E-state index in [0.29, 0.717) is 23.1 Å². The van der Waals surface area contributed by atoms with Gasteiger partial charge in [-0.3, -0.25) is 4.79 Å². The fourth-order valence-corrected chi connectivity index (χ4v) is 3.65. The molecule has 24 heavy (non-hydrogen) atoms. The van der Waals surface area contributed by atoms with E-state index in [9.17, 15) is 14.7 Å². The van der Waals surface area contributed by atoms with Gasteiger partial charge in [0.2, 0.25) is 0 Å². The second-order valence-electron chi connectivity index (χ2n) is 5.62. The zero-order valence-electron chi connectivity index (χ0n) is 12.8. The van der Waals surface area contributed by atoms with Crippen molar-refractivity contribution in [3.05, 3.63) is 46.3 Å². The van der Waals surface area contributed by atoms with Crippen molar-refractivity contribution in [2.24, 2.45) is 0 Å². The van der Waals surface area contributed by atoms with Crippen molar-refractivity contribution in [3.63, 3.8) is 0 Å². The Hall–Kier alpha value is -1.89. The molecule has 0 radical (unpaired) electrons. The Kier molecular flexibility index (Phi) is 4.89. The van der Waals surface area contributed by atoms with Crippen LogP contribution in [0.3, 0.4) is 0 Å². The summed E-state index contributed by atoms with van der Waals surface area (Å²) in [5.41, 5.74) is -0.290. The van der Waals surface area contributed by atoms with Crippen molar-refractivity contribution in [3.8, 4) is 10.4 Å². The first-order valence-corrected chi connectivity index (χ1v) is 8.69. The lowest BCUT2D eigenvalue weighted by Gasteiger charge is -2.33. The third-order valence-corrected chi connectivity index (χ3v) is 5.45. The van der Waals surface area contributed by atoms with Crippen molar-refractivity contribution in [2.45, 2.75) is 18.4 Å². The molecular formula is C17H16ClNO4S. The van der Waals surface area contributed by atoms with Gasteiger partial charge in [-0.15, -0.1) is 11.3 Å². The van der Waals surface area contributed by atoms with Gasteiger partial charge in [0.25, 0.3) is 5.91 Å². The van der Waals surface area contributed by atoms with Gasteiger partial charge in [0.05, 0.1) is 4.88 Å². The minimum Gasteiger partial charge on any atom is -0.480 e. The topological polar surface area (TPSA) is 75.6 Å². The summed E-state index contributed by atoms with van der Waals surface area (Å²) in [5.74, 6) is -1.39. The average molecular weight is 366 g/mol. The number of carbonyl (C=O) groups is 2. The minimum absolute atomic E-state index is 0.267. The summed E-state index contributed by atoms with van der Waals surface area (Å²) in [6, 6.07) is 10.9. The number of ether oxygens (including phenoxy) is 1. The summed E-state index contributed by atoms with van der Waals surface area (Å²) in [4.78, 5) is 25.5. The third kappa shape index (κ3) is 3.45. The van der Waals surface area contributed by atoms with Crippen molar-refractivity contribution in [2.75, 3.05) is 13.2 Å². The number of carbonyl (C=O) groups excluding carboxylic acids is 1. The van der Waals surface area contributed by atoms with Crippen LogP contribution in [-0.4, -0.2) is 35.7 Å². The molecule has 0 unspecified atom stereocenters. The number of halogens is 1. The van der Waals surface area contributed by atoms with Gasteiger partial charge in [0.1, 0.15) is 5.54 Å². The molecule has 1 fully saturated rings. The number of thiophene rings is 1. The lowest BCUT2D eigenvalue weighted by Crippen LogP contribution is -2.57. The summed E-state index contributed by atoms with van der Waals surface area (Å²) in [6.07, 6.45) is 0.535. The molecule has 1 aliphatic heterocycles. The van der Waals surface area contributed by atoms with Gasteiger partial charge in [-0.2, -0.15) is 0 Å². The Balaban J connectivity index is 1.78. The molecule has 126 valence electrons. The molecule has 0 saturated carbocycles. The van der Waals surface area contributed by atoms with Crippen LogP contribution in [0.4, 0.5) is 0 Å². The van der Waals surface area contributed by atoms with Crippen LogP contribution in [0.1, 0.15) is 22.5 Å². The van der Waals surface area contributed by atoms with E-state index in [-0.39, 0.29) is 18.7 Å². The smallest absolute Gasteiger partial charge is 0.329 e. The third-order valence-electron chi connectivity index (χ3n) is 4.07. The maximum atomic E-state index is 12.5. The molecule has 1 aromatic carbocycles. The molecule has 0 aliphatic carbocycles. The zero-order chi connectivity index (χ0) is 17.2. The maximum absolute atomic E-state index is 12.5. The number of nitrogens with one attached hydrogen (secondary N) is 1. The highest BCUT2D eigenvalue weighted by atomic mass is 35.5. The summed E-state index contributed by atoms with van der Waals surface area (Å²) in [7, 11) is 0. The molecule has 1 aromatic heterocycles. The summed E-state index contributed by atoms with van der Waals surface area (Å²) in [5, 5.41) is 12.9. The van der Waals surface area contributed by atoms with E-state index in [1.54, 1.807) is 18.2 Å². The van der Waals surface area contributed by atoms with Crippen LogP contribution in [0.25, 0.3) is 10.4 Å². The number of hydrogen-bond donors (Lipinski definition) is 2. The molecule has 0 atom stereocenters. The van der Waals surface area contributed by atoms with Gasteiger partial charge in [0.15, 0.2) is 0 Å². The fourth-order valence-electron chi connectivity index (χ4n) is 2.62. The SMILES string of the molecule is O=C(NC1(C(=O)O)CCOCC1)c1ccc(-c2ccc(Cl)cc2)s1. The van der Waals surface area contributed by atoms with Crippen LogP contribution in [0.5, 0.6) is 0 Å². The Morgan fingerprint density at radius 3 is 2.42 bits per heavy atom. The van der Waals surface area contributed by atoms with Crippen molar-refractivity contribution < 1.29 is 19.4 Å². The summed E-state index contributed by atoms with van der Waals surface area (Å²) in [6.45, 7) is 0.653. The number of rotatable bonds is 4. The van der Waals surface area contributed by atoms with Gasteiger partial charge in [-0.25, -0.2) is 4.79 Å². The second-order valence-corrected chi connectivity index (χ2v) is 7.14. The van der Waals surface area contributed by atoms with E-state index in [2.05, 4.69) is 5.32 Å². The molecule has 1 saturated heterocycles. The molecule has 3 rings (SSSR count). The van der Waals surface area contributed by atoms with Gasteiger partial charge in [0, 0.05) is 36.0 Å². The van der Waals surface area contributed by atoms with E-state index in [4.69, 9.17) is 16.3 Å². The van der Waals surface area contributed by atoms with Crippen molar-refractivity contribution >= 4 is 34.8 Å². The Bertz CT molecular complexity index is 750. The van der Waals surface area contributed by atoms with Crippen LogP contribution in [-0.2, 0) is 9.53 Å². The minimum atomic E-state index is -1.25. The van der Waals surface area contributed by atoms with E-state index in [1.807, 2.05) is 18.2 Å². The molecule has 2 heterocycles. The normalized spacial score (nSPS) is 16.5. The molecule has 0 spiro atoms. The van der Waals surface area contributed by atoms with Gasteiger partial charge in [-0.1, -0.05) is 23.7 Å².